The van der Waals surface area contributed by atoms with E-state index >= 15 is 4.39 Å². The van der Waals surface area contributed by atoms with Crippen LogP contribution in [0.4, 0.5) is 26.3 Å². The highest BCUT2D eigenvalue weighted by Crippen LogP contribution is 2.35. The fourth-order valence-corrected chi connectivity index (χ4v) is 4.43. The van der Waals surface area contributed by atoms with Gasteiger partial charge in [-0.05, 0) is 36.8 Å². The van der Waals surface area contributed by atoms with Crippen molar-refractivity contribution in [2.24, 2.45) is 0 Å². The molecule has 0 fully saturated rings. The van der Waals surface area contributed by atoms with Crippen molar-refractivity contribution in [2.45, 2.75) is 37.9 Å². The lowest BCUT2D eigenvalue weighted by atomic mass is 9.85. The fraction of sp³-hybridized carbons (Fsp3) is 0.241. The predicted octanol–water partition coefficient (Wildman–Crippen LogP) is 4.88. The van der Waals surface area contributed by atoms with Crippen LogP contribution in [0.2, 0.25) is 0 Å². The van der Waals surface area contributed by atoms with Gasteiger partial charge in [0.05, 0.1) is 23.7 Å². The van der Waals surface area contributed by atoms with Gasteiger partial charge in [0.1, 0.15) is 48.9 Å². The minimum Gasteiger partial charge on any atom is -0.459 e. The molecule has 0 saturated carbocycles. The first-order valence-electron chi connectivity index (χ1n) is 12.7. The zero-order chi connectivity index (χ0) is 31.4. The summed E-state index contributed by atoms with van der Waals surface area (Å²) >= 11 is 0. The van der Waals surface area contributed by atoms with Crippen LogP contribution in [-0.4, -0.2) is 49.2 Å². The number of ether oxygens (including phenoxy) is 1. The Morgan fingerprint density at radius 3 is 2.33 bits per heavy atom. The van der Waals surface area contributed by atoms with Crippen molar-refractivity contribution in [3.63, 3.8) is 0 Å². The molecule has 0 aliphatic rings. The first-order chi connectivity index (χ1) is 20.3. The number of aliphatic hydroxyl groups is 1. The van der Waals surface area contributed by atoms with E-state index in [0.29, 0.717) is 28.7 Å². The highest BCUT2D eigenvalue weighted by molar-refractivity contribution is 5.96. The Morgan fingerprint density at radius 2 is 1.72 bits per heavy atom. The number of aromatic nitrogens is 3. The van der Waals surface area contributed by atoms with E-state index in [0.717, 1.165) is 29.5 Å². The highest BCUT2D eigenvalue weighted by atomic mass is 19.4. The predicted molar refractivity (Wildman–Crippen MR) is 138 cm³/mol. The number of nitrogens with zero attached hydrogens (tertiary/aromatic N) is 4. The molecule has 4 aromatic rings. The molecular weight excluding hydrogens is 582 g/mol. The molecule has 14 heteroatoms. The molecule has 8 nitrogen and oxygen atoms in total. The minimum atomic E-state index is -4.91. The summed E-state index contributed by atoms with van der Waals surface area (Å²) in [6, 6.07) is 10.3. The Kier molecular flexibility index (Phi) is 9.19. The summed E-state index contributed by atoms with van der Waals surface area (Å²) in [6.07, 6.45) is -2.64. The van der Waals surface area contributed by atoms with E-state index < -0.39 is 76.9 Å². The molecule has 1 aromatic heterocycles. The number of halogens is 6. The molecule has 0 bridgehead atoms. The zero-order valence-electron chi connectivity index (χ0n) is 22.4. The molecule has 1 heterocycles. The van der Waals surface area contributed by atoms with Crippen LogP contribution in [0.5, 0.6) is 0 Å². The fourth-order valence-electron chi connectivity index (χ4n) is 4.43. The maximum absolute atomic E-state index is 15.1. The van der Waals surface area contributed by atoms with Gasteiger partial charge in [0.2, 0.25) is 0 Å². The first-order valence-corrected chi connectivity index (χ1v) is 12.7. The number of hydrogen-bond donors (Lipinski definition) is 1. The molecule has 4 rings (SSSR count). The van der Waals surface area contributed by atoms with Crippen LogP contribution in [0.15, 0.2) is 79.4 Å². The summed E-state index contributed by atoms with van der Waals surface area (Å²) in [6.45, 7) is -0.546. The summed E-state index contributed by atoms with van der Waals surface area (Å²) in [5.41, 5.74) is -4.62. The number of benzene rings is 3. The second-order valence-electron chi connectivity index (χ2n) is 9.59. The van der Waals surface area contributed by atoms with Gasteiger partial charge in [0.25, 0.3) is 5.91 Å². The lowest BCUT2D eigenvalue weighted by molar-refractivity contribution is -0.147. The third-order valence-corrected chi connectivity index (χ3v) is 6.76. The number of alkyl halides is 3. The monoisotopic (exact) mass is 606 g/mol. The van der Waals surface area contributed by atoms with E-state index in [1.54, 1.807) is 30.3 Å². The minimum absolute atomic E-state index is 0.116. The van der Waals surface area contributed by atoms with Crippen LogP contribution < -0.4 is 0 Å². The third kappa shape index (κ3) is 7.20. The van der Waals surface area contributed by atoms with Crippen LogP contribution in [0.25, 0.3) is 0 Å². The van der Waals surface area contributed by atoms with E-state index in [2.05, 4.69) is 10.1 Å². The number of rotatable bonds is 10. The second kappa shape index (κ2) is 12.7. The van der Waals surface area contributed by atoms with E-state index in [1.165, 1.54) is 6.92 Å². The van der Waals surface area contributed by atoms with Gasteiger partial charge in [-0.2, -0.15) is 18.3 Å². The van der Waals surface area contributed by atoms with Crippen molar-refractivity contribution in [2.75, 3.05) is 6.54 Å². The Hall–Kier alpha value is -4.72. The van der Waals surface area contributed by atoms with Gasteiger partial charge in [-0.1, -0.05) is 36.4 Å². The molecule has 0 aliphatic heterocycles. The van der Waals surface area contributed by atoms with Crippen LogP contribution in [0.3, 0.4) is 0 Å². The summed E-state index contributed by atoms with van der Waals surface area (Å²) in [7, 11) is 0. The third-order valence-electron chi connectivity index (χ3n) is 6.76. The SMILES string of the molecule is C[C@@H](N(CC(=O)OCc1ccccc1)C(=O)c1ccc(C(F)(F)F)cc1F)[C@](O)(Cn1cncn1)c1ccc(F)cc1F. The number of hydrogen-bond acceptors (Lipinski definition) is 6. The summed E-state index contributed by atoms with van der Waals surface area (Å²) in [5, 5.41) is 15.8. The average molecular weight is 607 g/mol. The van der Waals surface area contributed by atoms with E-state index in [4.69, 9.17) is 4.74 Å². The van der Waals surface area contributed by atoms with Crippen molar-refractivity contribution in [1.29, 1.82) is 0 Å². The molecular formula is C29H24F6N4O4. The lowest BCUT2D eigenvalue weighted by Gasteiger charge is -2.41. The summed E-state index contributed by atoms with van der Waals surface area (Å²) in [4.78, 5) is 31.0. The van der Waals surface area contributed by atoms with Crippen molar-refractivity contribution in [3.05, 3.63) is 119 Å². The maximum Gasteiger partial charge on any atom is 0.416 e. The quantitative estimate of drug-likeness (QED) is 0.204. The van der Waals surface area contributed by atoms with Crippen molar-refractivity contribution in [1.82, 2.24) is 19.7 Å². The Bertz CT molecular complexity index is 1580. The Labute approximate surface area is 241 Å². The molecule has 0 saturated heterocycles. The topological polar surface area (TPSA) is 97.6 Å². The Balaban J connectivity index is 1.76. The number of esters is 1. The van der Waals surface area contributed by atoms with Gasteiger partial charge in [-0.3, -0.25) is 9.59 Å². The molecule has 3 aromatic carbocycles. The van der Waals surface area contributed by atoms with Gasteiger partial charge in [0, 0.05) is 11.6 Å². The standard InChI is InChI=1S/C29H24F6N4O4/c1-18(28(42,15-38-17-36-16-37-38)23-10-8-21(30)12-25(23)32)39(13-26(40)43-14-19-5-3-2-4-6-19)27(41)22-9-7-20(11-24(22)31)29(33,34)35/h2-12,16-18,42H,13-15H2,1H3/t18-,28-/m1/s1. The molecule has 226 valence electrons. The van der Waals surface area contributed by atoms with Crippen LogP contribution in [0.1, 0.15) is 34.0 Å². The first kappa shape index (κ1) is 31.2. The molecule has 2 atom stereocenters. The molecule has 0 spiro atoms. The Morgan fingerprint density at radius 1 is 1.00 bits per heavy atom. The molecule has 43 heavy (non-hydrogen) atoms. The molecule has 1 N–H and O–H groups in total. The van der Waals surface area contributed by atoms with Gasteiger partial charge < -0.3 is 14.7 Å². The smallest absolute Gasteiger partial charge is 0.416 e. The molecule has 1 amide bonds. The number of amides is 1. The summed E-state index contributed by atoms with van der Waals surface area (Å²) < 4.78 is 89.6. The lowest BCUT2D eigenvalue weighted by Crippen LogP contribution is -2.55. The molecule has 0 radical (unpaired) electrons. The van der Waals surface area contributed by atoms with Crippen molar-refractivity contribution >= 4 is 11.9 Å². The van der Waals surface area contributed by atoms with Gasteiger partial charge in [-0.15, -0.1) is 0 Å². The number of carbonyl (C=O) groups is 2. The van der Waals surface area contributed by atoms with Gasteiger partial charge in [0.15, 0.2) is 0 Å². The highest BCUT2D eigenvalue weighted by Gasteiger charge is 2.45. The largest absolute Gasteiger partial charge is 0.459 e. The molecule has 0 unspecified atom stereocenters. The van der Waals surface area contributed by atoms with Crippen LogP contribution >= 0.6 is 0 Å². The van der Waals surface area contributed by atoms with E-state index in [1.807, 2.05) is 0 Å². The summed E-state index contributed by atoms with van der Waals surface area (Å²) in [5.74, 6) is -6.08. The number of carbonyl (C=O) groups excluding carboxylic acids is 2. The normalized spacial score (nSPS) is 13.7. The van der Waals surface area contributed by atoms with Crippen LogP contribution in [-0.2, 0) is 34.5 Å². The average Bonchev–Trinajstić information content (AvgIpc) is 3.46. The van der Waals surface area contributed by atoms with Crippen molar-refractivity contribution < 1.29 is 45.8 Å². The molecule has 0 aliphatic carbocycles. The van der Waals surface area contributed by atoms with E-state index in [-0.39, 0.29) is 12.7 Å². The van der Waals surface area contributed by atoms with E-state index in [9.17, 15) is 36.6 Å². The second-order valence-corrected chi connectivity index (χ2v) is 9.59. The van der Waals surface area contributed by atoms with Crippen molar-refractivity contribution in [3.8, 4) is 0 Å². The van der Waals surface area contributed by atoms with Gasteiger partial charge >= 0.3 is 12.1 Å². The zero-order valence-corrected chi connectivity index (χ0v) is 22.4. The maximum atomic E-state index is 15.1. The van der Waals surface area contributed by atoms with Crippen LogP contribution in [0, 0.1) is 17.5 Å². The van der Waals surface area contributed by atoms with Gasteiger partial charge in [-0.25, -0.2) is 22.8 Å².